The van der Waals surface area contributed by atoms with E-state index in [1.54, 1.807) is 13.8 Å². The fourth-order valence-electron chi connectivity index (χ4n) is 2.89. The van der Waals surface area contributed by atoms with Crippen molar-refractivity contribution in [2.24, 2.45) is 13.0 Å². The number of rotatable bonds is 7. The first kappa shape index (κ1) is 21.5. The monoisotopic (exact) mass is 405 g/mol. The smallest absolute Gasteiger partial charge is 0.409 e. The van der Waals surface area contributed by atoms with Gasteiger partial charge in [0.2, 0.25) is 10.7 Å². The molecule has 0 aliphatic carbocycles. The van der Waals surface area contributed by atoms with E-state index >= 15 is 0 Å². The lowest BCUT2D eigenvalue weighted by Gasteiger charge is -2.18. The number of carbonyl (C=O) groups excluding carboxylic acids is 2. The summed E-state index contributed by atoms with van der Waals surface area (Å²) in [5, 5.41) is 9.53. The minimum Gasteiger partial charge on any atom is -0.593 e. The number of aryl methyl sites for hydroxylation is 1. The molecule has 1 fully saturated rings. The number of ether oxygens (including phenoxy) is 2. The Kier molecular flexibility index (Phi) is 7.48. The summed E-state index contributed by atoms with van der Waals surface area (Å²) in [6, 6.07) is -0.522. The van der Waals surface area contributed by atoms with Crippen LogP contribution in [-0.4, -0.2) is 70.1 Å². The highest BCUT2D eigenvalue weighted by Crippen LogP contribution is 2.24. The molecule has 2 rings (SSSR count). The van der Waals surface area contributed by atoms with Crippen molar-refractivity contribution in [1.82, 2.24) is 14.2 Å². The van der Waals surface area contributed by atoms with Crippen LogP contribution in [0.15, 0.2) is 11.1 Å². The van der Waals surface area contributed by atoms with Gasteiger partial charge in [0.25, 0.3) is 0 Å². The zero-order valence-corrected chi connectivity index (χ0v) is 16.3. The van der Waals surface area contributed by atoms with Crippen LogP contribution in [0, 0.1) is 11.7 Å². The molecule has 0 spiro atoms. The van der Waals surface area contributed by atoms with Crippen molar-refractivity contribution in [2.75, 3.05) is 32.9 Å². The second-order valence-electron chi connectivity index (χ2n) is 6.03. The Labute approximate surface area is 159 Å². The SMILES string of the molecule is CCOC(=O)c1c(F)c([S+]([O-])NC2CN(C(=O)OCC)CC2CO)cn1C. The molecule has 1 aromatic rings. The molecule has 1 aromatic heterocycles. The zero-order chi connectivity index (χ0) is 20.1. The highest BCUT2D eigenvalue weighted by Gasteiger charge is 2.39. The average molecular weight is 405 g/mol. The standard InChI is InChI=1S/C16H24FN3O6S/c1-4-25-15(22)14-13(17)12(8-19(14)3)27(24)18-11-7-20(6-10(11)9-21)16(23)26-5-2/h8,10-11,18,21H,4-7,9H2,1-3H3. The molecule has 2 heterocycles. The van der Waals surface area contributed by atoms with Crippen LogP contribution >= 0.6 is 0 Å². The Morgan fingerprint density at radius 2 is 2.04 bits per heavy atom. The number of amides is 1. The summed E-state index contributed by atoms with van der Waals surface area (Å²) in [6.07, 6.45) is 0.720. The van der Waals surface area contributed by atoms with E-state index in [9.17, 15) is 23.6 Å². The lowest BCUT2D eigenvalue weighted by Crippen LogP contribution is -2.42. The number of aromatic nitrogens is 1. The molecule has 1 aliphatic heterocycles. The number of aliphatic hydroxyl groups is 1. The summed E-state index contributed by atoms with van der Waals surface area (Å²) < 4.78 is 40.9. The van der Waals surface area contributed by atoms with Crippen LogP contribution in [0.5, 0.6) is 0 Å². The van der Waals surface area contributed by atoms with Crippen LogP contribution in [0.25, 0.3) is 0 Å². The summed E-state index contributed by atoms with van der Waals surface area (Å²) in [7, 11) is 1.45. The highest BCUT2D eigenvalue weighted by molar-refractivity contribution is 7.89. The molecule has 1 aliphatic rings. The summed E-state index contributed by atoms with van der Waals surface area (Å²) in [4.78, 5) is 24.9. The lowest BCUT2D eigenvalue weighted by atomic mass is 10.1. The van der Waals surface area contributed by atoms with E-state index in [1.807, 2.05) is 0 Å². The van der Waals surface area contributed by atoms with E-state index in [4.69, 9.17) is 9.47 Å². The van der Waals surface area contributed by atoms with Crippen LogP contribution < -0.4 is 4.72 Å². The molecule has 0 radical (unpaired) electrons. The van der Waals surface area contributed by atoms with Crippen molar-refractivity contribution >= 4 is 23.4 Å². The molecule has 0 aromatic carbocycles. The average Bonchev–Trinajstić information content (AvgIpc) is 3.15. The number of esters is 1. The van der Waals surface area contributed by atoms with Gasteiger partial charge in [0, 0.05) is 32.7 Å². The van der Waals surface area contributed by atoms with Gasteiger partial charge in [0.1, 0.15) is 0 Å². The van der Waals surface area contributed by atoms with Crippen LogP contribution in [0.1, 0.15) is 24.3 Å². The minimum absolute atomic E-state index is 0.0874. The predicted octanol–water partition coefficient (Wildman–Crippen LogP) is 0.402. The molecule has 3 unspecified atom stereocenters. The van der Waals surface area contributed by atoms with Gasteiger partial charge in [-0.2, -0.15) is 4.39 Å². The van der Waals surface area contributed by atoms with Gasteiger partial charge in [-0.1, -0.05) is 0 Å². The van der Waals surface area contributed by atoms with E-state index in [1.165, 1.54) is 22.7 Å². The Bertz CT molecular complexity index is 685. The van der Waals surface area contributed by atoms with Gasteiger partial charge in [0.15, 0.2) is 5.69 Å². The van der Waals surface area contributed by atoms with Gasteiger partial charge in [-0.05, 0) is 13.8 Å². The second kappa shape index (κ2) is 9.40. The number of carbonyl (C=O) groups is 2. The van der Waals surface area contributed by atoms with Crippen molar-refractivity contribution in [3.63, 3.8) is 0 Å². The predicted molar refractivity (Wildman–Crippen MR) is 93.8 cm³/mol. The Balaban J connectivity index is 2.12. The quantitative estimate of drug-likeness (QED) is 0.498. The summed E-state index contributed by atoms with van der Waals surface area (Å²) in [5.41, 5.74) is -0.319. The van der Waals surface area contributed by atoms with E-state index in [2.05, 4.69) is 4.72 Å². The molecule has 11 heteroatoms. The third kappa shape index (κ3) is 4.72. The molecule has 1 saturated heterocycles. The van der Waals surface area contributed by atoms with Crippen LogP contribution in [0.3, 0.4) is 0 Å². The third-order valence-corrected chi connectivity index (χ3v) is 5.42. The molecule has 27 heavy (non-hydrogen) atoms. The lowest BCUT2D eigenvalue weighted by molar-refractivity contribution is 0.0509. The maximum atomic E-state index is 14.6. The van der Waals surface area contributed by atoms with Gasteiger partial charge in [-0.15, -0.1) is 4.72 Å². The minimum atomic E-state index is -1.99. The Morgan fingerprint density at radius 1 is 1.37 bits per heavy atom. The van der Waals surface area contributed by atoms with Crippen LogP contribution in [0.4, 0.5) is 9.18 Å². The molecule has 3 atom stereocenters. The zero-order valence-electron chi connectivity index (χ0n) is 15.4. The van der Waals surface area contributed by atoms with Gasteiger partial charge in [-0.25, -0.2) is 9.59 Å². The molecular weight excluding hydrogens is 381 g/mol. The maximum absolute atomic E-state index is 14.6. The first-order valence-electron chi connectivity index (χ1n) is 8.56. The molecule has 1 amide bonds. The number of likely N-dealkylation sites (tertiary alicyclic amines) is 1. The first-order chi connectivity index (χ1) is 12.8. The molecule has 2 N–H and O–H groups in total. The van der Waals surface area contributed by atoms with E-state index < -0.39 is 35.3 Å². The van der Waals surface area contributed by atoms with E-state index in [-0.39, 0.29) is 49.4 Å². The van der Waals surface area contributed by atoms with Crippen molar-refractivity contribution in [3.05, 3.63) is 17.7 Å². The summed E-state index contributed by atoms with van der Waals surface area (Å²) >= 11 is -1.99. The summed E-state index contributed by atoms with van der Waals surface area (Å²) in [5.74, 6) is -2.15. The van der Waals surface area contributed by atoms with Gasteiger partial charge in [-0.3, -0.25) is 0 Å². The fourth-order valence-corrected chi connectivity index (χ4v) is 4.07. The van der Waals surface area contributed by atoms with Gasteiger partial charge in [0.05, 0.1) is 36.8 Å². The molecule has 152 valence electrons. The van der Waals surface area contributed by atoms with E-state index in [0.29, 0.717) is 0 Å². The first-order valence-corrected chi connectivity index (χ1v) is 9.71. The Hall–Kier alpha value is -1.82. The highest BCUT2D eigenvalue weighted by atomic mass is 32.2. The normalized spacial score (nSPS) is 20.6. The van der Waals surface area contributed by atoms with Crippen LogP contribution in [-0.2, 0) is 27.9 Å². The molecule has 0 saturated carbocycles. The molecular formula is C16H24FN3O6S. The Morgan fingerprint density at radius 3 is 2.63 bits per heavy atom. The second-order valence-corrected chi connectivity index (χ2v) is 7.24. The topological polar surface area (TPSA) is 116 Å². The van der Waals surface area contributed by atoms with Crippen molar-refractivity contribution < 1.29 is 33.1 Å². The van der Waals surface area contributed by atoms with Gasteiger partial charge >= 0.3 is 12.1 Å². The summed E-state index contributed by atoms with van der Waals surface area (Å²) in [6.45, 7) is 3.74. The molecule has 9 nitrogen and oxygen atoms in total. The van der Waals surface area contributed by atoms with E-state index in [0.717, 1.165) is 0 Å². The number of hydrogen-bond acceptors (Lipinski definition) is 7. The number of nitrogens with one attached hydrogen (secondary N) is 1. The molecule has 0 bridgehead atoms. The van der Waals surface area contributed by atoms with Crippen molar-refractivity contribution in [2.45, 2.75) is 24.8 Å². The van der Waals surface area contributed by atoms with Crippen molar-refractivity contribution in [1.29, 1.82) is 0 Å². The number of aliphatic hydroxyl groups excluding tert-OH is 1. The maximum Gasteiger partial charge on any atom is 0.409 e. The third-order valence-electron chi connectivity index (χ3n) is 4.22. The number of hydrogen-bond donors (Lipinski definition) is 2. The number of halogens is 1. The van der Waals surface area contributed by atoms with Gasteiger partial charge < -0.3 is 28.6 Å². The fraction of sp³-hybridized carbons (Fsp3) is 0.625. The number of nitrogens with zero attached hydrogens (tertiary/aromatic N) is 2. The van der Waals surface area contributed by atoms with Crippen LogP contribution in [0.2, 0.25) is 0 Å². The van der Waals surface area contributed by atoms with Crippen molar-refractivity contribution in [3.8, 4) is 0 Å². The largest absolute Gasteiger partial charge is 0.593 e.